The Morgan fingerprint density at radius 2 is 1.88 bits per heavy atom. The van der Waals surface area contributed by atoms with E-state index in [1.807, 2.05) is 49.3 Å². The number of carbonyl (C=O) groups excluding carboxylic acids is 2. The Morgan fingerprint density at radius 1 is 1.16 bits per heavy atom. The summed E-state index contributed by atoms with van der Waals surface area (Å²) in [5.41, 5.74) is 1.21. The van der Waals surface area contributed by atoms with Crippen molar-refractivity contribution in [2.45, 2.75) is 12.5 Å². The first-order chi connectivity index (χ1) is 15.4. The second-order valence-corrected chi connectivity index (χ2v) is 8.04. The Labute approximate surface area is 186 Å². The van der Waals surface area contributed by atoms with Gasteiger partial charge in [0.1, 0.15) is 11.3 Å². The number of nitrogens with zero attached hydrogens (tertiary/aromatic N) is 2. The SMILES string of the molecule is COc1ccccc1[C@H]1C(C(=O)c2cc3ccccc3o2)=C(O)C(=O)N1CCCN(C)C. The van der Waals surface area contributed by atoms with Crippen LogP contribution in [0, 0.1) is 0 Å². The van der Waals surface area contributed by atoms with Crippen molar-refractivity contribution < 1.29 is 23.8 Å². The minimum Gasteiger partial charge on any atom is -0.503 e. The maximum atomic E-state index is 13.5. The molecule has 3 aromatic rings. The highest BCUT2D eigenvalue weighted by atomic mass is 16.5. The molecule has 2 aromatic carbocycles. The first-order valence-electron chi connectivity index (χ1n) is 10.5. The highest BCUT2D eigenvalue weighted by Crippen LogP contribution is 2.42. The van der Waals surface area contributed by atoms with Crippen molar-refractivity contribution in [3.05, 3.63) is 77.3 Å². The number of para-hydroxylation sites is 2. The summed E-state index contributed by atoms with van der Waals surface area (Å²) in [4.78, 5) is 30.2. The van der Waals surface area contributed by atoms with Gasteiger partial charge in [-0.25, -0.2) is 0 Å². The number of ether oxygens (including phenoxy) is 1. The summed E-state index contributed by atoms with van der Waals surface area (Å²) in [7, 11) is 5.45. The van der Waals surface area contributed by atoms with Gasteiger partial charge in [0.05, 0.1) is 18.7 Å². The maximum Gasteiger partial charge on any atom is 0.290 e. The van der Waals surface area contributed by atoms with Gasteiger partial charge >= 0.3 is 0 Å². The third-order valence-electron chi connectivity index (χ3n) is 5.64. The molecule has 0 unspecified atom stereocenters. The number of fused-ring (bicyclic) bond motifs is 1. The van der Waals surface area contributed by atoms with E-state index in [0.29, 0.717) is 29.9 Å². The van der Waals surface area contributed by atoms with Crippen LogP contribution in [0.3, 0.4) is 0 Å². The Kier molecular flexibility index (Phi) is 6.01. The van der Waals surface area contributed by atoms with Gasteiger partial charge in [0.25, 0.3) is 5.91 Å². The molecule has 0 saturated carbocycles. The highest BCUT2D eigenvalue weighted by molar-refractivity contribution is 6.16. The van der Waals surface area contributed by atoms with E-state index in [9.17, 15) is 14.7 Å². The lowest BCUT2D eigenvalue weighted by Gasteiger charge is -2.28. The Hall–Kier alpha value is -3.58. The highest BCUT2D eigenvalue weighted by Gasteiger charge is 2.45. The molecule has 7 heteroatoms. The van der Waals surface area contributed by atoms with E-state index in [2.05, 4.69) is 0 Å². The zero-order valence-corrected chi connectivity index (χ0v) is 18.4. The quantitative estimate of drug-likeness (QED) is 0.540. The van der Waals surface area contributed by atoms with Gasteiger partial charge in [-0.2, -0.15) is 0 Å². The molecule has 0 aliphatic carbocycles. The van der Waals surface area contributed by atoms with Crippen LogP contribution in [0.4, 0.5) is 0 Å². The van der Waals surface area contributed by atoms with E-state index in [-0.39, 0.29) is 11.3 Å². The smallest absolute Gasteiger partial charge is 0.290 e. The van der Waals surface area contributed by atoms with Crippen LogP contribution < -0.4 is 4.74 Å². The number of carbonyl (C=O) groups is 2. The molecule has 1 aliphatic heterocycles. The molecule has 7 nitrogen and oxygen atoms in total. The predicted octanol–water partition coefficient (Wildman–Crippen LogP) is 3.97. The van der Waals surface area contributed by atoms with E-state index in [1.54, 1.807) is 24.3 Å². The molecule has 2 heterocycles. The van der Waals surface area contributed by atoms with Gasteiger partial charge in [-0.1, -0.05) is 36.4 Å². The fourth-order valence-corrected chi connectivity index (χ4v) is 4.12. The summed E-state index contributed by atoms with van der Waals surface area (Å²) in [6, 6.07) is 15.4. The van der Waals surface area contributed by atoms with Crippen molar-refractivity contribution >= 4 is 22.7 Å². The van der Waals surface area contributed by atoms with Crippen molar-refractivity contribution in [3.8, 4) is 5.75 Å². The number of benzene rings is 2. The normalized spacial score (nSPS) is 16.4. The van der Waals surface area contributed by atoms with Gasteiger partial charge in [-0.05, 0) is 45.3 Å². The van der Waals surface area contributed by atoms with E-state index in [1.165, 1.54) is 12.0 Å². The minimum absolute atomic E-state index is 0.00316. The van der Waals surface area contributed by atoms with Crippen LogP contribution >= 0.6 is 0 Å². The summed E-state index contributed by atoms with van der Waals surface area (Å²) >= 11 is 0. The summed E-state index contributed by atoms with van der Waals surface area (Å²) in [6.07, 6.45) is 0.684. The van der Waals surface area contributed by atoms with Crippen LogP contribution in [-0.2, 0) is 4.79 Å². The summed E-state index contributed by atoms with van der Waals surface area (Å²) in [5, 5.41) is 11.6. The van der Waals surface area contributed by atoms with Crippen molar-refractivity contribution in [2.75, 3.05) is 34.3 Å². The lowest BCUT2D eigenvalue weighted by atomic mass is 9.94. The molecule has 1 aromatic heterocycles. The summed E-state index contributed by atoms with van der Waals surface area (Å²) < 4.78 is 11.3. The fourth-order valence-electron chi connectivity index (χ4n) is 4.12. The number of rotatable bonds is 8. The van der Waals surface area contributed by atoms with Gasteiger partial charge < -0.3 is 24.1 Å². The van der Waals surface area contributed by atoms with Crippen molar-refractivity contribution in [2.24, 2.45) is 0 Å². The number of amides is 1. The second-order valence-electron chi connectivity index (χ2n) is 8.04. The molecule has 1 atom stereocenters. The molecule has 0 saturated heterocycles. The molecule has 1 aliphatic rings. The molecule has 166 valence electrons. The first-order valence-corrected chi connectivity index (χ1v) is 10.5. The maximum absolute atomic E-state index is 13.5. The van der Waals surface area contributed by atoms with Gasteiger partial charge in [-0.3, -0.25) is 9.59 Å². The molecular weight excluding hydrogens is 408 g/mol. The Morgan fingerprint density at radius 3 is 2.59 bits per heavy atom. The van der Waals surface area contributed by atoms with E-state index in [4.69, 9.17) is 9.15 Å². The van der Waals surface area contributed by atoms with Crippen molar-refractivity contribution in [3.63, 3.8) is 0 Å². The molecule has 1 N–H and O–H groups in total. The minimum atomic E-state index is -0.776. The van der Waals surface area contributed by atoms with Crippen LogP contribution in [-0.4, -0.2) is 60.9 Å². The van der Waals surface area contributed by atoms with Crippen LogP contribution in [0.1, 0.15) is 28.6 Å². The fraction of sp³-hybridized carbons (Fsp3) is 0.280. The molecule has 0 bridgehead atoms. The lowest BCUT2D eigenvalue weighted by Crippen LogP contribution is -2.33. The van der Waals surface area contributed by atoms with E-state index in [0.717, 1.165) is 11.9 Å². The number of furan rings is 1. The Bertz CT molecular complexity index is 1160. The summed E-state index contributed by atoms with van der Waals surface area (Å²) in [5.74, 6) is -1.02. The number of hydrogen-bond acceptors (Lipinski definition) is 6. The molecule has 32 heavy (non-hydrogen) atoms. The third-order valence-corrected chi connectivity index (χ3v) is 5.64. The lowest BCUT2D eigenvalue weighted by molar-refractivity contribution is -0.129. The molecule has 0 fully saturated rings. The van der Waals surface area contributed by atoms with Gasteiger partial charge in [0.2, 0.25) is 5.78 Å². The number of aliphatic hydroxyl groups is 1. The number of aliphatic hydroxyl groups excluding tert-OH is 1. The number of hydrogen-bond donors (Lipinski definition) is 1. The topological polar surface area (TPSA) is 83.2 Å². The second kappa shape index (κ2) is 8.88. The number of Topliss-reactive ketones (excluding diaryl/α,β-unsaturated/α-hetero) is 1. The van der Waals surface area contributed by atoms with Crippen LogP contribution in [0.25, 0.3) is 11.0 Å². The standard InChI is InChI=1S/C25H26N2O5/c1-26(2)13-8-14-27-22(17-10-5-7-12-19(17)31-3)21(24(29)25(27)30)23(28)20-15-16-9-4-6-11-18(16)32-20/h4-7,9-12,15,22,29H,8,13-14H2,1-3H3/t22-/m0/s1. The number of methoxy groups -OCH3 is 1. The van der Waals surface area contributed by atoms with Crippen LogP contribution in [0.5, 0.6) is 5.75 Å². The van der Waals surface area contributed by atoms with Gasteiger partial charge in [0.15, 0.2) is 11.5 Å². The third kappa shape index (κ3) is 3.87. The van der Waals surface area contributed by atoms with Crippen LogP contribution in [0.15, 0.2) is 70.3 Å². The zero-order valence-electron chi connectivity index (χ0n) is 18.4. The average Bonchev–Trinajstić information content (AvgIpc) is 3.33. The summed E-state index contributed by atoms with van der Waals surface area (Å²) in [6.45, 7) is 1.14. The predicted molar refractivity (Wildman–Crippen MR) is 121 cm³/mol. The molecule has 0 radical (unpaired) electrons. The molecule has 4 rings (SSSR count). The van der Waals surface area contributed by atoms with Crippen molar-refractivity contribution in [1.29, 1.82) is 0 Å². The molecule has 0 spiro atoms. The van der Waals surface area contributed by atoms with E-state index >= 15 is 0 Å². The average molecular weight is 434 g/mol. The largest absolute Gasteiger partial charge is 0.503 e. The molecule has 1 amide bonds. The Balaban J connectivity index is 1.78. The monoisotopic (exact) mass is 434 g/mol. The van der Waals surface area contributed by atoms with Crippen molar-refractivity contribution in [1.82, 2.24) is 9.80 Å². The van der Waals surface area contributed by atoms with E-state index < -0.39 is 23.5 Å². The van der Waals surface area contributed by atoms with Gasteiger partial charge in [-0.15, -0.1) is 0 Å². The van der Waals surface area contributed by atoms with Gasteiger partial charge in [0, 0.05) is 17.5 Å². The zero-order chi connectivity index (χ0) is 22.8. The molecular formula is C25H26N2O5. The number of ketones is 1. The first kappa shape index (κ1) is 21.6. The van der Waals surface area contributed by atoms with Crippen LogP contribution in [0.2, 0.25) is 0 Å².